The van der Waals surface area contributed by atoms with E-state index < -0.39 is 13.2 Å². The molecule has 0 aliphatic heterocycles. The SMILES string of the molecule is CCN(Cc1cccs1)C(=O)/C=C/c1ccc(OC(F)F)cc1OC(F)F. The molecule has 1 aromatic heterocycles. The van der Waals surface area contributed by atoms with Gasteiger partial charge in [-0.15, -0.1) is 11.3 Å². The summed E-state index contributed by atoms with van der Waals surface area (Å²) in [7, 11) is 0. The van der Waals surface area contributed by atoms with Crippen LogP contribution in [0.2, 0.25) is 0 Å². The van der Waals surface area contributed by atoms with Crippen molar-refractivity contribution in [3.05, 3.63) is 52.2 Å². The minimum atomic E-state index is -3.15. The van der Waals surface area contributed by atoms with E-state index in [1.807, 2.05) is 24.4 Å². The number of carbonyl (C=O) groups is 1. The van der Waals surface area contributed by atoms with Gasteiger partial charge in [0.2, 0.25) is 5.91 Å². The number of likely N-dealkylation sites (N-methyl/N-ethyl adjacent to an activating group) is 1. The summed E-state index contributed by atoms with van der Waals surface area (Å²) in [5.74, 6) is -1.01. The van der Waals surface area contributed by atoms with Crippen molar-refractivity contribution in [3.8, 4) is 11.5 Å². The Morgan fingerprint density at radius 1 is 1.19 bits per heavy atom. The van der Waals surface area contributed by atoms with Crippen LogP contribution in [0, 0.1) is 0 Å². The zero-order valence-electron chi connectivity index (χ0n) is 14.3. The fraction of sp³-hybridized carbons (Fsp3) is 0.278. The molecule has 4 nitrogen and oxygen atoms in total. The molecule has 0 unspecified atom stereocenters. The largest absolute Gasteiger partial charge is 0.435 e. The Morgan fingerprint density at radius 3 is 2.52 bits per heavy atom. The lowest BCUT2D eigenvalue weighted by atomic mass is 10.1. The van der Waals surface area contributed by atoms with Gasteiger partial charge in [0, 0.05) is 29.1 Å². The number of thiophene rings is 1. The molecule has 0 radical (unpaired) electrons. The molecule has 1 aromatic carbocycles. The highest BCUT2D eigenvalue weighted by Crippen LogP contribution is 2.28. The van der Waals surface area contributed by atoms with E-state index in [1.165, 1.54) is 35.6 Å². The standard InChI is InChI=1S/C18H17F4NO3S/c1-2-23(11-14-4-3-9-27-14)16(24)8-6-12-5-7-13(25-17(19)20)10-15(12)26-18(21)22/h3-10,17-18H,2,11H2,1H3/b8-6+. The van der Waals surface area contributed by atoms with Gasteiger partial charge in [0.25, 0.3) is 0 Å². The van der Waals surface area contributed by atoms with Gasteiger partial charge in [0.1, 0.15) is 11.5 Å². The predicted octanol–water partition coefficient (Wildman–Crippen LogP) is 5.01. The van der Waals surface area contributed by atoms with Gasteiger partial charge in [-0.25, -0.2) is 0 Å². The van der Waals surface area contributed by atoms with Crippen LogP contribution in [0.25, 0.3) is 6.08 Å². The van der Waals surface area contributed by atoms with Crippen molar-refractivity contribution >= 4 is 23.3 Å². The quantitative estimate of drug-likeness (QED) is 0.436. The summed E-state index contributed by atoms with van der Waals surface area (Å²) in [6.45, 7) is -3.54. The summed E-state index contributed by atoms with van der Waals surface area (Å²) in [4.78, 5) is 14.9. The van der Waals surface area contributed by atoms with E-state index in [0.717, 1.165) is 10.9 Å². The van der Waals surface area contributed by atoms with Crippen LogP contribution in [0.15, 0.2) is 41.8 Å². The molecule has 0 atom stereocenters. The first-order chi connectivity index (χ1) is 12.9. The van der Waals surface area contributed by atoms with Crippen LogP contribution in [0.3, 0.4) is 0 Å². The van der Waals surface area contributed by atoms with E-state index in [2.05, 4.69) is 9.47 Å². The molecule has 2 aromatic rings. The molecule has 0 saturated carbocycles. The van der Waals surface area contributed by atoms with E-state index in [1.54, 1.807) is 4.90 Å². The van der Waals surface area contributed by atoms with Gasteiger partial charge in [0.15, 0.2) is 0 Å². The maximum atomic E-state index is 12.6. The first kappa shape index (κ1) is 20.8. The number of amides is 1. The van der Waals surface area contributed by atoms with Gasteiger partial charge >= 0.3 is 13.2 Å². The van der Waals surface area contributed by atoms with Crippen molar-refractivity contribution in [2.24, 2.45) is 0 Å². The second-order valence-electron chi connectivity index (χ2n) is 5.22. The van der Waals surface area contributed by atoms with Gasteiger partial charge in [-0.1, -0.05) is 6.07 Å². The molecular weight excluding hydrogens is 386 g/mol. The van der Waals surface area contributed by atoms with Crippen LogP contribution in [0.4, 0.5) is 17.6 Å². The Bertz CT molecular complexity index is 766. The van der Waals surface area contributed by atoms with Gasteiger partial charge in [-0.2, -0.15) is 17.6 Å². The minimum absolute atomic E-state index is 0.137. The van der Waals surface area contributed by atoms with E-state index in [9.17, 15) is 22.4 Å². The van der Waals surface area contributed by atoms with Gasteiger partial charge in [-0.3, -0.25) is 4.79 Å². The minimum Gasteiger partial charge on any atom is -0.435 e. The third kappa shape index (κ3) is 6.59. The molecule has 9 heteroatoms. The molecule has 1 amide bonds. The zero-order chi connectivity index (χ0) is 19.8. The smallest absolute Gasteiger partial charge is 0.387 e. The van der Waals surface area contributed by atoms with Crippen molar-refractivity contribution in [2.45, 2.75) is 26.7 Å². The highest BCUT2D eigenvalue weighted by molar-refractivity contribution is 7.09. The molecule has 0 bridgehead atoms. The van der Waals surface area contributed by atoms with Crippen LogP contribution in [-0.4, -0.2) is 30.6 Å². The van der Waals surface area contributed by atoms with E-state index in [4.69, 9.17) is 0 Å². The fourth-order valence-corrected chi connectivity index (χ4v) is 2.95. The molecule has 27 heavy (non-hydrogen) atoms. The highest BCUT2D eigenvalue weighted by Gasteiger charge is 2.14. The first-order valence-corrected chi connectivity index (χ1v) is 8.80. The number of alkyl halides is 4. The van der Waals surface area contributed by atoms with Crippen LogP contribution in [0.1, 0.15) is 17.4 Å². The van der Waals surface area contributed by atoms with E-state index in [-0.39, 0.29) is 23.0 Å². The number of rotatable bonds is 9. The maximum absolute atomic E-state index is 12.6. The summed E-state index contributed by atoms with van der Waals surface area (Å²) in [6.07, 6.45) is 2.52. The third-order valence-electron chi connectivity index (χ3n) is 3.45. The monoisotopic (exact) mass is 403 g/mol. The number of halogens is 4. The Morgan fingerprint density at radius 2 is 1.93 bits per heavy atom. The van der Waals surface area contributed by atoms with Crippen molar-refractivity contribution in [1.82, 2.24) is 4.90 Å². The highest BCUT2D eigenvalue weighted by atomic mass is 32.1. The molecular formula is C18H17F4NO3S. The molecule has 1 heterocycles. The van der Waals surface area contributed by atoms with Crippen molar-refractivity contribution in [3.63, 3.8) is 0 Å². The summed E-state index contributed by atoms with van der Waals surface area (Å²) >= 11 is 1.52. The normalized spacial score (nSPS) is 11.4. The van der Waals surface area contributed by atoms with Crippen LogP contribution in [0.5, 0.6) is 11.5 Å². The number of hydrogen-bond donors (Lipinski definition) is 0. The Hall–Kier alpha value is -2.55. The van der Waals surface area contributed by atoms with E-state index in [0.29, 0.717) is 13.1 Å². The molecule has 0 aliphatic rings. The maximum Gasteiger partial charge on any atom is 0.387 e. The summed E-state index contributed by atoms with van der Waals surface area (Å²) < 4.78 is 58.2. The third-order valence-corrected chi connectivity index (χ3v) is 4.31. The predicted molar refractivity (Wildman–Crippen MR) is 94.2 cm³/mol. The van der Waals surface area contributed by atoms with Gasteiger partial charge < -0.3 is 14.4 Å². The molecule has 0 spiro atoms. The lowest BCUT2D eigenvalue weighted by Crippen LogP contribution is -2.28. The molecule has 0 N–H and O–H groups in total. The molecule has 146 valence electrons. The molecule has 0 fully saturated rings. The molecule has 0 aliphatic carbocycles. The average molecular weight is 403 g/mol. The fourth-order valence-electron chi connectivity index (χ4n) is 2.23. The number of carbonyl (C=O) groups excluding carboxylic acids is 1. The van der Waals surface area contributed by atoms with Crippen molar-refractivity contribution < 1.29 is 31.8 Å². The Balaban J connectivity index is 2.16. The van der Waals surface area contributed by atoms with Gasteiger partial charge in [-0.05, 0) is 36.6 Å². The Kier molecular flexibility index (Phi) is 7.66. The number of hydrogen-bond acceptors (Lipinski definition) is 4. The lowest BCUT2D eigenvalue weighted by molar-refractivity contribution is -0.126. The Labute approximate surface area is 157 Å². The van der Waals surface area contributed by atoms with Crippen molar-refractivity contribution in [1.29, 1.82) is 0 Å². The second-order valence-corrected chi connectivity index (χ2v) is 6.25. The average Bonchev–Trinajstić information content (AvgIpc) is 3.10. The van der Waals surface area contributed by atoms with Gasteiger partial charge in [0.05, 0.1) is 6.54 Å². The van der Waals surface area contributed by atoms with Crippen LogP contribution >= 0.6 is 11.3 Å². The van der Waals surface area contributed by atoms with Crippen LogP contribution in [-0.2, 0) is 11.3 Å². The van der Waals surface area contributed by atoms with Crippen molar-refractivity contribution in [2.75, 3.05) is 6.54 Å². The lowest BCUT2D eigenvalue weighted by Gasteiger charge is -2.18. The molecule has 0 saturated heterocycles. The summed E-state index contributed by atoms with van der Waals surface area (Å²) in [5, 5.41) is 1.90. The number of nitrogens with zero attached hydrogens (tertiary/aromatic N) is 1. The summed E-state index contributed by atoms with van der Waals surface area (Å²) in [6, 6.07) is 7.14. The number of benzene rings is 1. The van der Waals surface area contributed by atoms with E-state index >= 15 is 0 Å². The number of ether oxygens (including phenoxy) is 2. The zero-order valence-corrected chi connectivity index (χ0v) is 15.1. The molecule has 2 rings (SSSR count). The topological polar surface area (TPSA) is 38.8 Å². The second kappa shape index (κ2) is 9.96. The summed E-state index contributed by atoms with van der Waals surface area (Å²) in [5.41, 5.74) is 0.137. The van der Waals surface area contributed by atoms with Crippen LogP contribution < -0.4 is 9.47 Å². The first-order valence-electron chi connectivity index (χ1n) is 7.92.